The van der Waals surface area contributed by atoms with Gasteiger partial charge < -0.3 is 0 Å². The molecule has 13 heavy (non-hydrogen) atoms. The van der Waals surface area contributed by atoms with Crippen molar-refractivity contribution in [1.29, 1.82) is 0 Å². The molecule has 1 saturated carbocycles. The zero-order chi connectivity index (χ0) is 10.3. The Bertz CT molecular complexity index is 180. The summed E-state index contributed by atoms with van der Waals surface area (Å²) in [5.41, 5.74) is 1.16. The van der Waals surface area contributed by atoms with Crippen molar-refractivity contribution >= 4 is 0 Å². The number of rotatable bonds is 3. The molecule has 0 heterocycles. The molecule has 78 valence electrons. The molecule has 1 rings (SSSR count). The zero-order valence-electron chi connectivity index (χ0n) is 10.3. The average molecular weight is 182 g/mol. The molecule has 0 N–H and O–H groups in total. The van der Waals surface area contributed by atoms with E-state index in [9.17, 15) is 0 Å². The van der Waals surface area contributed by atoms with Crippen molar-refractivity contribution in [2.75, 3.05) is 0 Å². The fourth-order valence-electron chi connectivity index (χ4n) is 3.17. The van der Waals surface area contributed by atoms with Gasteiger partial charge in [-0.1, -0.05) is 54.4 Å². The largest absolute Gasteiger partial charge is 0.0654 e. The normalized spacial score (nSPS) is 39.7. The molecule has 0 bridgehead atoms. The van der Waals surface area contributed by atoms with Gasteiger partial charge in [-0.05, 0) is 29.1 Å². The van der Waals surface area contributed by atoms with Crippen molar-refractivity contribution in [2.24, 2.45) is 22.7 Å². The molecule has 0 aromatic carbocycles. The summed E-state index contributed by atoms with van der Waals surface area (Å²) < 4.78 is 0. The van der Waals surface area contributed by atoms with Gasteiger partial charge in [-0.3, -0.25) is 0 Å². The Morgan fingerprint density at radius 3 is 2.15 bits per heavy atom. The molecule has 0 aliphatic heterocycles. The minimum atomic E-state index is 0.557. The van der Waals surface area contributed by atoms with Crippen LogP contribution in [-0.4, -0.2) is 0 Å². The van der Waals surface area contributed by atoms with E-state index >= 15 is 0 Å². The van der Waals surface area contributed by atoms with E-state index in [0.29, 0.717) is 10.8 Å². The van der Waals surface area contributed by atoms with Gasteiger partial charge in [0.05, 0.1) is 0 Å². The highest BCUT2D eigenvalue weighted by Crippen LogP contribution is 2.64. The van der Waals surface area contributed by atoms with Crippen molar-refractivity contribution < 1.29 is 0 Å². The third-order valence-corrected chi connectivity index (χ3v) is 5.24. The third-order valence-electron chi connectivity index (χ3n) is 5.24. The van der Waals surface area contributed by atoms with E-state index in [1.54, 1.807) is 0 Å². The molecule has 0 heteroatoms. The predicted octanol–water partition coefficient (Wildman–Crippen LogP) is 4.49. The van der Waals surface area contributed by atoms with E-state index < -0.39 is 0 Å². The van der Waals surface area contributed by atoms with E-state index in [1.165, 1.54) is 19.3 Å². The molecule has 0 spiro atoms. The zero-order valence-corrected chi connectivity index (χ0v) is 10.3. The lowest BCUT2D eigenvalue weighted by Gasteiger charge is -2.62. The van der Waals surface area contributed by atoms with E-state index in [4.69, 9.17) is 0 Å². The summed E-state index contributed by atoms with van der Waals surface area (Å²) in [7, 11) is 0. The molecule has 0 radical (unpaired) electrons. The highest BCUT2D eigenvalue weighted by molar-refractivity contribution is 5.05. The monoisotopic (exact) mass is 182 g/mol. The molecule has 1 aliphatic carbocycles. The third kappa shape index (κ3) is 1.43. The highest BCUT2D eigenvalue weighted by atomic mass is 14.6. The van der Waals surface area contributed by atoms with Gasteiger partial charge in [-0.2, -0.15) is 0 Å². The van der Waals surface area contributed by atoms with Gasteiger partial charge in [0.25, 0.3) is 0 Å². The molecule has 3 unspecified atom stereocenters. The van der Waals surface area contributed by atoms with Crippen molar-refractivity contribution in [3.05, 3.63) is 0 Å². The topological polar surface area (TPSA) is 0 Å². The first kappa shape index (κ1) is 11.1. The smallest absolute Gasteiger partial charge is 0.0244 e. The maximum Gasteiger partial charge on any atom is -0.0244 e. The van der Waals surface area contributed by atoms with E-state index in [0.717, 1.165) is 11.8 Å². The van der Waals surface area contributed by atoms with Gasteiger partial charge in [0.2, 0.25) is 0 Å². The quantitative estimate of drug-likeness (QED) is 0.603. The Balaban J connectivity index is 2.68. The van der Waals surface area contributed by atoms with Crippen LogP contribution >= 0.6 is 0 Å². The molecule has 0 nitrogen and oxygen atoms in total. The van der Waals surface area contributed by atoms with Gasteiger partial charge in [-0.15, -0.1) is 0 Å². The van der Waals surface area contributed by atoms with Crippen molar-refractivity contribution in [3.8, 4) is 0 Å². The minimum absolute atomic E-state index is 0.557. The average Bonchev–Trinajstić information content (AvgIpc) is 2.04. The standard InChI is InChI=1S/C13H26/c1-7-8-10(2)13(6)9-11(3)12(13,4)5/h10-11H,7-9H2,1-6H3. The van der Waals surface area contributed by atoms with Crippen LogP contribution in [0.1, 0.15) is 60.8 Å². The molecular formula is C13H26. The van der Waals surface area contributed by atoms with Gasteiger partial charge in [-0.25, -0.2) is 0 Å². The summed E-state index contributed by atoms with van der Waals surface area (Å²) in [4.78, 5) is 0. The Hall–Kier alpha value is 0. The second-order valence-corrected chi connectivity index (χ2v) is 5.93. The van der Waals surface area contributed by atoms with Crippen LogP contribution in [0.2, 0.25) is 0 Å². The van der Waals surface area contributed by atoms with Gasteiger partial charge in [0.1, 0.15) is 0 Å². The first-order valence-corrected chi connectivity index (χ1v) is 5.86. The molecule has 0 amide bonds. The molecular weight excluding hydrogens is 156 g/mol. The number of hydrogen-bond donors (Lipinski definition) is 0. The van der Waals surface area contributed by atoms with E-state index in [1.807, 2.05) is 0 Å². The maximum atomic E-state index is 2.49. The summed E-state index contributed by atoms with van der Waals surface area (Å²) in [5, 5.41) is 0. The minimum Gasteiger partial charge on any atom is -0.0654 e. The Kier molecular flexibility index (Phi) is 2.81. The first-order valence-electron chi connectivity index (χ1n) is 5.86. The Labute approximate surface area is 84.1 Å². The lowest BCUT2D eigenvalue weighted by atomic mass is 9.42. The second kappa shape index (κ2) is 3.29. The molecule has 0 aromatic heterocycles. The van der Waals surface area contributed by atoms with Crippen LogP contribution in [0.25, 0.3) is 0 Å². The van der Waals surface area contributed by atoms with Crippen LogP contribution in [0.5, 0.6) is 0 Å². The lowest BCUT2D eigenvalue weighted by molar-refractivity contribution is -0.136. The molecule has 0 aromatic rings. The van der Waals surface area contributed by atoms with E-state index in [-0.39, 0.29) is 0 Å². The van der Waals surface area contributed by atoms with Crippen LogP contribution in [-0.2, 0) is 0 Å². The first-order chi connectivity index (χ1) is 5.86. The fourth-order valence-corrected chi connectivity index (χ4v) is 3.17. The van der Waals surface area contributed by atoms with Crippen molar-refractivity contribution in [3.63, 3.8) is 0 Å². The van der Waals surface area contributed by atoms with Crippen LogP contribution in [0.4, 0.5) is 0 Å². The van der Waals surface area contributed by atoms with Crippen LogP contribution in [0.3, 0.4) is 0 Å². The molecule has 1 aliphatic rings. The van der Waals surface area contributed by atoms with Gasteiger partial charge in [0.15, 0.2) is 0 Å². The lowest BCUT2D eigenvalue weighted by Crippen LogP contribution is -2.55. The summed E-state index contributed by atoms with van der Waals surface area (Å²) in [6.07, 6.45) is 4.16. The SMILES string of the molecule is CCCC(C)C1(C)CC(C)C1(C)C. The van der Waals surface area contributed by atoms with Crippen molar-refractivity contribution in [2.45, 2.75) is 60.8 Å². The molecule has 1 fully saturated rings. The Morgan fingerprint density at radius 1 is 1.31 bits per heavy atom. The van der Waals surface area contributed by atoms with Crippen LogP contribution in [0.15, 0.2) is 0 Å². The predicted molar refractivity (Wildman–Crippen MR) is 59.7 cm³/mol. The fraction of sp³-hybridized carbons (Fsp3) is 1.00. The van der Waals surface area contributed by atoms with Crippen molar-refractivity contribution in [1.82, 2.24) is 0 Å². The Morgan fingerprint density at radius 2 is 1.85 bits per heavy atom. The highest BCUT2D eigenvalue weighted by Gasteiger charge is 2.56. The summed E-state index contributed by atoms with van der Waals surface area (Å²) in [6.45, 7) is 14.5. The molecule has 0 saturated heterocycles. The number of hydrogen-bond acceptors (Lipinski definition) is 0. The van der Waals surface area contributed by atoms with Crippen LogP contribution < -0.4 is 0 Å². The van der Waals surface area contributed by atoms with E-state index in [2.05, 4.69) is 41.5 Å². The van der Waals surface area contributed by atoms with Crippen LogP contribution in [0, 0.1) is 22.7 Å². The van der Waals surface area contributed by atoms with Gasteiger partial charge >= 0.3 is 0 Å². The summed E-state index contributed by atoms with van der Waals surface area (Å²) >= 11 is 0. The van der Waals surface area contributed by atoms with Gasteiger partial charge in [0, 0.05) is 0 Å². The second-order valence-electron chi connectivity index (χ2n) is 5.93. The summed E-state index contributed by atoms with van der Waals surface area (Å²) in [6, 6.07) is 0. The molecule has 3 atom stereocenters. The maximum absolute atomic E-state index is 2.49. The summed E-state index contributed by atoms with van der Waals surface area (Å²) in [5.74, 6) is 1.81.